The van der Waals surface area contributed by atoms with Crippen LogP contribution in [0, 0.1) is 5.82 Å². The molecule has 1 amide bonds. The number of benzene rings is 1. The average molecular weight is 316 g/mol. The fraction of sp³-hybridized carbons (Fsp3) is 0.312. The zero-order valence-corrected chi connectivity index (χ0v) is 12.7. The molecule has 6 nitrogen and oxygen atoms in total. The van der Waals surface area contributed by atoms with Crippen molar-refractivity contribution in [3.8, 4) is 5.69 Å². The van der Waals surface area contributed by atoms with Gasteiger partial charge in [0.2, 0.25) is 0 Å². The van der Waals surface area contributed by atoms with E-state index in [-0.39, 0.29) is 23.2 Å². The number of hydrogen-bond acceptors (Lipinski definition) is 4. The maximum atomic E-state index is 13.0. The van der Waals surface area contributed by atoms with Crippen LogP contribution in [-0.4, -0.2) is 46.8 Å². The number of hydrogen-bond donors (Lipinski definition) is 1. The molecular formula is C16H17FN4O2. The van der Waals surface area contributed by atoms with Crippen LogP contribution in [-0.2, 0) is 0 Å². The third-order valence-corrected chi connectivity index (χ3v) is 3.99. The van der Waals surface area contributed by atoms with E-state index in [1.54, 1.807) is 11.9 Å². The Labute approximate surface area is 132 Å². The van der Waals surface area contributed by atoms with Gasteiger partial charge in [0.1, 0.15) is 11.5 Å². The van der Waals surface area contributed by atoms with Crippen LogP contribution >= 0.6 is 0 Å². The highest BCUT2D eigenvalue weighted by molar-refractivity contribution is 5.92. The molecule has 0 bridgehead atoms. The van der Waals surface area contributed by atoms with Crippen LogP contribution in [0.15, 0.2) is 41.2 Å². The quantitative estimate of drug-likeness (QED) is 0.910. The Balaban J connectivity index is 1.92. The number of halogens is 1. The maximum Gasteiger partial charge on any atom is 0.274 e. The molecule has 0 spiro atoms. The van der Waals surface area contributed by atoms with Crippen LogP contribution in [0.25, 0.3) is 5.69 Å². The lowest BCUT2D eigenvalue weighted by molar-refractivity contribution is 0.0735. The van der Waals surface area contributed by atoms with E-state index in [4.69, 9.17) is 0 Å². The Morgan fingerprint density at radius 3 is 2.70 bits per heavy atom. The monoisotopic (exact) mass is 316 g/mol. The van der Waals surface area contributed by atoms with Gasteiger partial charge in [-0.3, -0.25) is 9.59 Å². The zero-order valence-electron chi connectivity index (χ0n) is 12.7. The number of rotatable bonds is 3. The van der Waals surface area contributed by atoms with Crippen molar-refractivity contribution in [2.24, 2.45) is 0 Å². The Morgan fingerprint density at radius 1 is 1.30 bits per heavy atom. The van der Waals surface area contributed by atoms with Gasteiger partial charge in [0.25, 0.3) is 11.5 Å². The van der Waals surface area contributed by atoms with Gasteiger partial charge in [0.15, 0.2) is 0 Å². The topological polar surface area (TPSA) is 67.2 Å². The van der Waals surface area contributed by atoms with Crippen LogP contribution < -0.4 is 10.9 Å². The Hall–Kier alpha value is -2.54. The molecule has 2 heterocycles. The van der Waals surface area contributed by atoms with Gasteiger partial charge in [0, 0.05) is 25.7 Å². The zero-order chi connectivity index (χ0) is 16.4. The third-order valence-electron chi connectivity index (χ3n) is 3.99. The largest absolute Gasteiger partial charge is 0.336 e. The minimum Gasteiger partial charge on any atom is -0.336 e. The van der Waals surface area contributed by atoms with Crippen molar-refractivity contribution >= 4 is 5.91 Å². The van der Waals surface area contributed by atoms with Crippen LogP contribution in [0.5, 0.6) is 0 Å². The SMILES string of the molecule is CN(C(=O)c1ccc(=O)n(-c2ccc(F)cc2)n1)C1CCNC1. The average Bonchev–Trinajstić information content (AvgIpc) is 3.09. The summed E-state index contributed by atoms with van der Waals surface area (Å²) in [4.78, 5) is 26.2. The van der Waals surface area contributed by atoms with Crippen molar-refractivity contribution in [3.63, 3.8) is 0 Å². The predicted octanol–water partition coefficient (Wildman–Crippen LogP) is 0.805. The van der Waals surface area contributed by atoms with E-state index in [9.17, 15) is 14.0 Å². The van der Waals surface area contributed by atoms with E-state index < -0.39 is 5.82 Å². The second kappa shape index (κ2) is 6.29. The lowest BCUT2D eigenvalue weighted by atomic mass is 10.2. The standard InChI is InChI=1S/C16H17FN4O2/c1-20(13-8-9-18-10-13)16(23)14-6-7-15(22)21(19-14)12-4-2-11(17)3-5-12/h2-7,13,18H,8-10H2,1H3. The highest BCUT2D eigenvalue weighted by atomic mass is 19.1. The van der Waals surface area contributed by atoms with E-state index in [1.165, 1.54) is 36.4 Å². The van der Waals surface area contributed by atoms with Crippen LogP contribution in [0.4, 0.5) is 4.39 Å². The first kappa shape index (κ1) is 15.4. The van der Waals surface area contributed by atoms with Gasteiger partial charge in [-0.25, -0.2) is 4.39 Å². The molecule has 1 saturated heterocycles. The highest BCUT2D eigenvalue weighted by Gasteiger charge is 2.25. The number of nitrogens with one attached hydrogen (secondary N) is 1. The van der Waals surface area contributed by atoms with Crippen molar-refractivity contribution in [1.82, 2.24) is 20.0 Å². The fourth-order valence-corrected chi connectivity index (χ4v) is 2.61. The van der Waals surface area contributed by atoms with Gasteiger partial charge < -0.3 is 10.2 Å². The molecule has 1 aliphatic rings. The maximum absolute atomic E-state index is 13.0. The third kappa shape index (κ3) is 3.14. The molecule has 7 heteroatoms. The summed E-state index contributed by atoms with van der Waals surface area (Å²) in [7, 11) is 1.73. The summed E-state index contributed by atoms with van der Waals surface area (Å²) < 4.78 is 14.1. The number of carbonyl (C=O) groups excluding carboxylic acids is 1. The molecule has 23 heavy (non-hydrogen) atoms. The fourth-order valence-electron chi connectivity index (χ4n) is 2.61. The molecule has 120 valence electrons. The minimum atomic E-state index is -0.400. The Kier molecular flexibility index (Phi) is 4.20. The first-order valence-corrected chi connectivity index (χ1v) is 7.40. The number of aromatic nitrogens is 2. The molecule has 2 aromatic rings. The summed E-state index contributed by atoms with van der Waals surface area (Å²) in [6, 6.07) is 8.22. The van der Waals surface area contributed by atoms with Gasteiger partial charge in [-0.05, 0) is 43.3 Å². The normalized spacial score (nSPS) is 17.2. The molecule has 0 saturated carbocycles. The highest BCUT2D eigenvalue weighted by Crippen LogP contribution is 2.11. The van der Waals surface area contributed by atoms with Crippen molar-refractivity contribution in [2.75, 3.05) is 20.1 Å². The van der Waals surface area contributed by atoms with Gasteiger partial charge in [0.05, 0.1) is 5.69 Å². The number of likely N-dealkylation sites (N-methyl/N-ethyl adjacent to an activating group) is 1. The van der Waals surface area contributed by atoms with Crippen LogP contribution in [0.1, 0.15) is 16.9 Å². The van der Waals surface area contributed by atoms with Crippen molar-refractivity contribution in [2.45, 2.75) is 12.5 Å². The van der Waals surface area contributed by atoms with Gasteiger partial charge >= 0.3 is 0 Å². The summed E-state index contributed by atoms with van der Waals surface area (Å²) in [6.07, 6.45) is 0.889. The second-order valence-electron chi connectivity index (χ2n) is 5.51. The number of amides is 1. The molecule has 0 aliphatic carbocycles. The van der Waals surface area contributed by atoms with E-state index >= 15 is 0 Å². The summed E-state index contributed by atoms with van der Waals surface area (Å²) in [6.45, 7) is 1.63. The Morgan fingerprint density at radius 2 is 2.04 bits per heavy atom. The summed E-state index contributed by atoms with van der Waals surface area (Å²) in [5.41, 5.74) is 0.220. The molecule has 1 aromatic heterocycles. The van der Waals surface area contributed by atoms with E-state index in [1.807, 2.05) is 0 Å². The molecule has 1 N–H and O–H groups in total. The first-order chi connectivity index (χ1) is 11.1. The van der Waals surface area contributed by atoms with E-state index in [0.29, 0.717) is 5.69 Å². The number of nitrogens with zero attached hydrogens (tertiary/aromatic N) is 3. The first-order valence-electron chi connectivity index (χ1n) is 7.40. The summed E-state index contributed by atoms with van der Waals surface area (Å²) in [5.74, 6) is -0.642. The molecule has 1 aromatic carbocycles. The van der Waals surface area contributed by atoms with Crippen molar-refractivity contribution < 1.29 is 9.18 Å². The molecule has 0 radical (unpaired) electrons. The molecule has 1 unspecified atom stereocenters. The van der Waals surface area contributed by atoms with Crippen molar-refractivity contribution in [3.05, 3.63) is 58.3 Å². The van der Waals surface area contributed by atoms with Crippen LogP contribution in [0.2, 0.25) is 0 Å². The van der Waals surface area contributed by atoms with E-state index in [0.717, 1.165) is 24.2 Å². The van der Waals surface area contributed by atoms with Gasteiger partial charge in [-0.1, -0.05) is 0 Å². The molecular weight excluding hydrogens is 299 g/mol. The van der Waals surface area contributed by atoms with Crippen molar-refractivity contribution in [1.29, 1.82) is 0 Å². The summed E-state index contributed by atoms with van der Waals surface area (Å²) >= 11 is 0. The van der Waals surface area contributed by atoms with E-state index in [2.05, 4.69) is 10.4 Å². The second-order valence-corrected chi connectivity index (χ2v) is 5.51. The predicted molar refractivity (Wildman–Crippen MR) is 83.2 cm³/mol. The summed E-state index contributed by atoms with van der Waals surface area (Å²) in [5, 5.41) is 7.34. The van der Waals surface area contributed by atoms with Gasteiger partial charge in [-0.15, -0.1) is 0 Å². The van der Waals surface area contributed by atoms with Gasteiger partial charge in [-0.2, -0.15) is 9.78 Å². The number of carbonyl (C=O) groups is 1. The molecule has 1 aliphatic heterocycles. The van der Waals surface area contributed by atoms with Crippen LogP contribution in [0.3, 0.4) is 0 Å². The molecule has 1 atom stereocenters. The minimum absolute atomic E-state index is 0.121. The smallest absolute Gasteiger partial charge is 0.274 e. The lowest BCUT2D eigenvalue weighted by Crippen LogP contribution is -2.39. The lowest BCUT2D eigenvalue weighted by Gasteiger charge is -2.23. The Bertz CT molecular complexity index is 766. The molecule has 1 fully saturated rings. The molecule has 3 rings (SSSR count).